The molecular weight excluding hydrogens is 390 g/mol. The van der Waals surface area contributed by atoms with Gasteiger partial charge in [0.15, 0.2) is 0 Å². The minimum atomic E-state index is -0.545. The number of allylic oxidation sites excluding steroid dienone is 1. The summed E-state index contributed by atoms with van der Waals surface area (Å²) in [7, 11) is 0. The Hall–Kier alpha value is -3.15. The van der Waals surface area contributed by atoms with Gasteiger partial charge >= 0.3 is 0 Å². The van der Waals surface area contributed by atoms with Gasteiger partial charge in [0.05, 0.1) is 0 Å². The summed E-state index contributed by atoms with van der Waals surface area (Å²) >= 11 is 0. The molecular formula is C25H31N3O3. The van der Waals surface area contributed by atoms with Crippen molar-refractivity contribution in [3.8, 4) is 0 Å². The van der Waals surface area contributed by atoms with Crippen molar-refractivity contribution in [2.75, 3.05) is 6.54 Å². The summed E-state index contributed by atoms with van der Waals surface area (Å²) in [5, 5.41) is 5.61. The molecule has 2 N–H and O–H groups in total. The van der Waals surface area contributed by atoms with E-state index in [2.05, 4.69) is 16.7 Å². The highest BCUT2D eigenvalue weighted by Gasteiger charge is 2.20. The van der Waals surface area contributed by atoms with Crippen LogP contribution in [0.3, 0.4) is 0 Å². The molecule has 1 aliphatic carbocycles. The molecule has 0 saturated heterocycles. The minimum Gasteiger partial charge on any atom is -0.352 e. The molecule has 0 atom stereocenters. The van der Waals surface area contributed by atoms with E-state index in [1.807, 2.05) is 44.2 Å². The molecule has 164 valence electrons. The van der Waals surface area contributed by atoms with E-state index in [0.29, 0.717) is 13.1 Å². The normalized spacial score (nSPS) is 13.6. The van der Waals surface area contributed by atoms with Crippen LogP contribution in [0.25, 0.3) is 0 Å². The standard InChI is InChI=1S/C25H31N3O3/c1-18(2)27-25(31)22-17-28(15-20-11-7-4-8-12-20)16-21(23(22)29)24(30)26-14-13-19-9-5-3-6-10-19/h4,7-9,11-12,16-18H,3,5-6,10,13-15H2,1-2H3,(H,26,30)(H,27,31). The molecule has 0 saturated carbocycles. The highest BCUT2D eigenvalue weighted by molar-refractivity contribution is 5.99. The van der Waals surface area contributed by atoms with Crippen molar-refractivity contribution >= 4 is 11.8 Å². The van der Waals surface area contributed by atoms with E-state index in [9.17, 15) is 14.4 Å². The number of nitrogens with one attached hydrogen (secondary N) is 2. The van der Waals surface area contributed by atoms with E-state index in [0.717, 1.165) is 24.8 Å². The molecule has 0 fully saturated rings. The second-order valence-electron chi connectivity index (χ2n) is 8.31. The molecule has 1 heterocycles. The summed E-state index contributed by atoms with van der Waals surface area (Å²) in [5.74, 6) is -0.911. The second-order valence-corrected chi connectivity index (χ2v) is 8.31. The lowest BCUT2D eigenvalue weighted by atomic mass is 9.97. The smallest absolute Gasteiger partial charge is 0.256 e. The van der Waals surface area contributed by atoms with Crippen LogP contribution in [0.4, 0.5) is 0 Å². The Morgan fingerprint density at radius 3 is 2.39 bits per heavy atom. The molecule has 1 aliphatic rings. The van der Waals surface area contributed by atoms with Gasteiger partial charge < -0.3 is 15.2 Å². The molecule has 2 amide bonds. The zero-order valence-corrected chi connectivity index (χ0v) is 18.3. The predicted molar refractivity (Wildman–Crippen MR) is 122 cm³/mol. The van der Waals surface area contributed by atoms with Crippen LogP contribution in [-0.4, -0.2) is 29.0 Å². The molecule has 1 aromatic carbocycles. The van der Waals surface area contributed by atoms with Gasteiger partial charge in [-0.1, -0.05) is 42.0 Å². The molecule has 0 aliphatic heterocycles. The van der Waals surface area contributed by atoms with Crippen molar-refractivity contribution in [2.45, 2.75) is 58.5 Å². The number of aromatic nitrogens is 1. The number of carbonyl (C=O) groups excluding carboxylic acids is 2. The first-order valence-electron chi connectivity index (χ1n) is 11.0. The highest BCUT2D eigenvalue weighted by Crippen LogP contribution is 2.19. The van der Waals surface area contributed by atoms with Crippen LogP contribution in [0, 0.1) is 0 Å². The van der Waals surface area contributed by atoms with Crippen molar-refractivity contribution in [1.29, 1.82) is 0 Å². The Balaban J connectivity index is 1.83. The van der Waals surface area contributed by atoms with E-state index in [1.54, 1.807) is 4.57 Å². The number of rotatable bonds is 8. The van der Waals surface area contributed by atoms with Crippen LogP contribution >= 0.6 is 0 Å². The molecule has 0 radical (unpaired) electrons. The highest BCUT2D eigenvalue weighted by atomic mass is 16.2. The minimum absolute atomic E-state index is 0.00930. The van der Waals surface area contributed by atoms with Crippen LogP contribution in [0.2, 0.25) is 0 Å². The average molecular weight is 422 g/mol. The summed E-state index contributed by atoms with van der Waals surface area (Å²) in [4.78, 5) is 38.4. The summed E-state index contributed by atoms with van der Waals surface area (Å²) in [6, 6.07) is 9.59. The Bertz CT molecular complexity index is 1010. The second kappa shape index (κ2) is 10.8. The van der Waals surface area contributed by atoms with Crippen LogP contribution in [0.1, 0.15) is 72.2 Å². The molecule has 3 rings (SSSR count). The number of hydrogen-bond acceptors (Lipinski definition) is 3. The first kappa shape index (κ1) is 22.5. The lowest BCUT2D eigenvalue weighted by Gasteiger charge is -2.15. The summed E-state index contributed by atoms with van der Waals surface area (Å²) in [6.45, 7) is 4.59. The SMILES string of the molecule is CC(C)NC(=O)c1cn(Cc2ccccc2)cc(C(=O)NCCC2=CCCCC2)c1=O. The lowest BCUT2D eigenvalue weighted by Crippen LogP contribution is -2.37. The summed E-state index contributed by atoms with van der Waals surface area (Å²) < 4.78 is 1.73. The zero-order valence-electron chi connectivity index (χ0n) is 18.3. The first-order chi connectivity index (χ1) is 14.9. The maximum absolute atomic E-state index is 13.0. The van der Waals surface area contributed by atoms with Gasteiger partial charge in [-0.2, -0.15) is 0 Å². The van der Waals surface area contributed by atoms with Crippen molar-refractivity contribution in [3.63, 3.8) is 0 Å². The zero-order chi connectivity index (χ0) is 22.2. The van der Waals surface area contributed by atoms with Crippen molar-refractivity contribution < 1.29 is 9.59 Å². The van der Waals surface area contributed by atoms with Crippen molar-refractivity contribution in [1.82, 2.24) is 15.2 Å². The number of nitrogens with zero attached hydrogens (tertiary/aromatic N) is 1. The van der Waals surface area contributed by atoms with Gasteiger partial charge in [0, 0.05) is 31.5 Å². The Kier molecular flexibility index (Phi) is 7.82. The number of hydrogen-bond donors (Lipinski definition) is 2. The maximum atomic E-state index is 13.0. The van der Waals surface area contributed by atoms with Gasteiger partial charge in [-0.3, -0.25) is 14.4 Å². The van der Waals surface area contributed by atoms with E-state index in [-0.39, 0.29) is 17.2 Å². The van der Waals surface area contributed by atoms with E-state index in [1.165, 1.54) is 30.8 Å². The van der Waals surface area contributed by atoms with Gasteiger partial charge in [-0.05, 0) is 51.5 Å². The summed E-state index contributed by atoms with van der Waals surface area (Å²) in [6.07, 6.45) is 10.7. The van der Waals surface area contributed by atoms with Crippen LogP contribution in [0.5, 0.6) is 0 Å². The van der Waals surface area contributed by atoms with Gasteiger partial charge in [-0.15, -0.1) is 0 Å². The monoisotopic (exact) mass is 421 g/mol. The molecule has 0 unspecified atom stereocenters. The van der Waals surface area contributed by atoms with E-state index >= 15 is 0 Å². The predicted octanol–water partition coefficient (Wildman–Crippen LogP) is 3.66. The van der Waals surface area contributed by atoms with Gasteiger partial charge in [-0.25, -0.2) is 0 Å². The average Bonchev–Trinajstić information content (AvgIpc) is 2.75. The number of carbonyl (C=O) groups is 2. The van der Waals surface area contributed by atoms with Crippen LogP contribution < -0.4 is 16.1 Å². The molecule has 1 aromatic heterocycles. The fourth-order valence-electron chi connectivity index (χ4n) is 3.74. The van der Waals surface area contributed by atoms with Crippen molar-refractivity contribution in [3.05, 3.63) is 81.3 Å². The first-order valence-corrected chi connectivity index (χ1v) is 11.0. The molecule has 0 spiro atoms. The van der Waals surface area contributed by atoms with Crippen LogP contribution in [0.15, 0.2) is 59.2 Å². The molecule has 6 nitrogen and oxygen atoms in total. The van der Waals surface area contributed by atoms with Gasteiger partial charge in [0.1, 0.15) is 11.1 Å². The van der Waals surface area contributed by atoms with E-state index in [4.69, 9.17) is 0 Å². The Labute approximate surface area is 183 Å². The van der Waals surface area contributed by atoms with Crippen LogP contribution in [-0.2, 0) is 6.54 Å². The molecule has 31 heavy (non-hydrogen) atoms. The third-order valence-electron chi connectivity index (χ3n) is 5.31. The maximum Gasteiger partial charge on any atom is 0.256 e. The fourth-order valence-corrected chi connectivity index (χ4v) is 3.74. The van der Waals surface area contributed by atoms with Crippen molar-refractivity contribution in [2.24, 2.45) is 0 Å². The number of amides is 2. The largest absolute Gasteiger partial charge is 0.352 e. The Morgan fingerprint density at radius 2 is 1.74 bits per heavy atom. The fraction of sp³-hybridized carbons (Fsp3) is 0.400. The summed E-state index contributed by atoms with van der Waals surface area (Å²) in [5.41, 5.74) is 1.80. The molecule has 0 bridgehead atoms. The third kappa shape index (κ3) is 6.41. The topological polar surface area (TPSA) is 80.2 Å². The lowest BCUT2D eigenvalue weighted by molar-refractivity contribution is 0.0941. The van der Waals surface area contributed by atoms with E-state index < -0.39 is 17.2 Å². The number of benzene rings is 1. The van der Waals surface area contributed by atoms with Gasteiger partial charge in [0.2, 0.25) is 5.43 Å². The van der Waals surface area contributed by atoms with Gasteiger partial charge in [0.25, 0.3) is 11.8 Å². The number of pyridine rings is 1. The molecule has 6 heteroatoms. The Morgan fingerprint density at radius 1 is 1.03 bits per heavy atom. The third-order valence-corrected chi connectivity index (χ3v) is 5.31. The molecule has 2 aromatic rings. The quantitative estimate of drug-likeness (QED) is 0.639.